The first-order valence-corrected chi connectivity index (χ1v) is 4.83. The maximum atomic E-state index is 10.5. The molecule has 0 heterocycles. The summed E-state index contributed by atoms with van der Waals surface area (Å²) in [6, 6.07) is 5.31. The van der Waals surface area contributed by atoms with Gasteiger partial charge >= 0.3 is 0 Å². The van der Waals surface area contributed by atoms with Gasteiger partial charge in [0.15, 0.2) is 0 Å². The van der Waals surface area contributed by atoms with E-state index in [9.17, 15) is 4.79 Å². The molecule has 0 saturated carbocycles. The summed E-state index contributed by atoms with van der Waals surface area (Å²) in [6.07, 6.45) is 0.923. The highest BCUT2D eigenvalue weighted by molar-refractivity contribution is 9.10. The molecule has 0 spiro atoms. The van der Waals surface area contributed by atoms with E-state index in [0.717, 1.165) is 10.8 Å². The molecular weight excluding hydrogens is 232 g/mol. The second kappa shape index (κ2) is 4.42. The number of ether oxygens (including phenoxy) is 1. The molecule has 0 N–H and O–H groups in total. The minimum atomic E-state index is 0. The molecule has 0 atom stereocenters. The second-order valence-electron chi connectivity index (χ2n) is 3.00. The van der Waals surface area contributed by atoms with E-state index in [-0.39, 0.29) is 7.53 Å². The van der Waals surface area contributed by atoms with Crippen LogP contribution in [0.5, 0.6) is 5.75 Å². The molecule has 0 radical (unpaired) electrons. The smallest absolute Gasteiger partial charge is 0.150 e. The Labute approximate surface area is 87.5 Å². The van der Waals surface area contributed by atoms with Crippen molar-refractivity contribution < 1.29 is 11.0 Å². The maximum absolute atomic E-state index is 10.5. The number of rotatable bonds is 3. The first-order chi connectivity index (χ1) is 6.11. The van der Waals surface area contributed by atoms with Gasteiger partial charge in [0, 0.05) is 11.5 Å². The summed E-state index contributed by atoms with van der Waals surface area (Å²) in [4.78, 5) is 10.5. The average molecular weight is 245 g/mol. The van der Waals surface area contributed by atoms with E-state index >= 15 is 0 Å². The van der Waals surface area contributed by atoms with Crippen LogP contribution in [0.1, 0.15) is 25.6 Å². The predicted octanol–water partition coefficient (Wildman–Crippen LogP) is 3.29. The second-order valence-corrected chi connectivity index (χ2v) is 3.92. The molecule has 0 aliphatic heterocycles. The highest BCUT2D eigenvalue weighted by atomic mass is 79.9. The Hall–Kier alpha value is -0.830. The van der Waals surface area contributed by atoms with Crippen LogP contribution in [0.3, 0.4) is 0 Å². The van der Waals surface area contributed by atoms with Gasteiger partial charge in [0.25, 0.3) is 0 Å². The zero-order valence-corrected chi connectivity index (χ0v) is 9.17. The van der Waals surface area contributed by atoms with Gasteiger partial charge in [-0.3, -0.25) is 4.79 Å². The van der Waals surface area contributed by atoms with E-state index < -0.39 is 0 Å². The summed E-state index contributed by atoms with van der Waals surface area (Å²) in [6.45, 7) is 3.89. The summed E-state index contributed by atoms with van der Waals surface area (Å²) in [5, 5.41) is 0. The summed E-state index contributed by atoms with van der Waals surface area (Å²) in [5.41, 5.74) is 0.616. The molecule has 13 heavy (non-hydrogen) atoms. The average Bonchev–Trinajstić information content (AvgIpc) is 2.01. The van der Waals surface area contributed by atoms with Gasteiger partial charge in [-0.1, -0.05) is 15.9 Å². The Kier molecular flexibility index (Phi) is 3.48. The third kappa shape index (κ3) is 3.19. The van der Waals surface area contributed by atoms with Crippen LogP contribution >= 0.6 is 15.9 Å². The molecular formula is C10H13BrO2. The minimum Gasteiger partial charge on any atom is -0.491 e. The molecule has 1 aromatic rings. The van der Waals surface area contributed by atoms with Gasteiger partial charge in [-0.15, -0.1) is 0 Å². The number of carbonyl (C=O) groups excluding carboxylic acids is 1. The lowest BCUT2D eigenvalue weighted by Gasteiger charge is -2.10. The van der Waals surface area contributed by atoms with Crippen LogP contribution in [-0.4, -0.2) is 12.4 Å². The van der Waals surface area contributed by atoms with E-state index in [1.54, 1.807) is 12.1 Å². The van der Waals surface area contributed by atoms with Crippen molar-refractivity contribution >= 4 is 22.2 Å². The Morgan fingerprint density at radius 3 is 2.69 bits per heavy atom. The van der Waals surface area contributed by atoms with Crippen molar-refractivity contribution in [1.82, 2.24) is 0 Å². The van der Waals surface area contributed by atoms with Crippen molar-refractivity contribution in [1.29, 1.82) is 0 Å². The Morgan fingerprint density at radius 2 is 2.15 bits per heavy atom. The van der Waals surface area contributed by atoms with Gasteiger partial charge in [-0.25, -0.2) is 0 Å². The highest BCUT2D eigenvalue weighted by Crippen LogP contribution is 2.21. The van der Waals surface area contributed by atoms with Crippen molar-refractivity contribution in [2.45, 2.75) is 20.0 Å². The lowest BCUT2D eigenvalue weighted by atomic mass is 10.2. The number of hydrogen-bond donors (Lipinski definition) is 0. The third-order valence-electron chi connectivity index (χ3n) is 1.40. The van der Waals surface area contributed by atoms with Crippen molar-refractivity contribution in [2.75, 3.05) is 0 Å². The number of benzene rings is 1. The normalized spacial score (nSPS) is 10.2. The van der Waals surface area contributed by atoms with Crippen molar-refractivity contribution in [2.24, 2.45) is 0 Å². The van der Waals surface area contributed by atoms with Gasteiger partial charge in [-0.05, 0) is 32.0 Å². The van der Waals surface area contributed by atoms with E-state index in [0.29, 0.717) is 11.3 Å². The fraction of sp³-hybridized carbons (Fsp3) is 0.300. The van der Waals surface area contributed by atoms with Crippen LogP contribution in [0.2, 0.25) is 0 Å². The molecule has 0 aromatic heterocycles. The molecule has 1 aromatic carbocycles. The lowest BCUT2D eigenvalue weighted by molar-refractivity contribution is 0.112. The van der Waals surface area contributed by atoms with Crippen molar-refractivity contribution in [3.63, 3.8) is 0 Å². The van der Waals surface area contributed by atoms with Crippen LogP contribution < -0.4 is 4.74 Å². The quantitative estimate of drug-likeness (QED) is 0.763. The van der Waals surface area contributed by atoms with E-state index in [2.05, 4.69) is 15.9 Å². The predicted molar refractivity (Wildman–Crippen MR) is 57.4 cm³/mol. The molecule has 3 heteroatoms. The molecule has 0 aliphatic carbocycles. The van der Waals surface area contributed by atoms with E-state index in [1.807, 2.05) is 19.9 Å². The van der Waals surface area contributed by atoms with Gasteiger partial charge in [0.2, 0.25) is 0 Å². The van der Waals surface area contributed by atoms with Crippen molar-refractivity contribution in [3.8, 4) is 5.75 Å². The minimum absolute atomic E-state index is 0. The van der Waals surface area contributed by atoms with Gasteiger partial charge < -0.3 is 4.74 Å². The largest absolute Gasteiger partial charge is 0.491 e. The number of halogens is 1. The number of aldehydes is 1. The summed E-state index contributed by atoms with van der Waals surface area (Å²) < 4.78 is 6.30. The molecule has 1 rings (SSSR count). The number of hydrogen-bond acceptors (Lipinski definition) is 2. The Bertz CT molecular complexity index is 313. The van der Waals surface area contributed by atoms with Crippen LogP contribution in [0.4, 0.5) is 0 Å². The van der Waals surface area contributed by atoms with Crippen molar-refractivity contribution in [3.05, 3.63) is 28.2 Å². The Morgan fingerprint density at radius 1 is 1.46 bits per heavy atom. The van der Waals surface area contributed by atoms with Gasteiger partial charge in [-0.2, -0.15) is 0 Å². The molecule has 0 aliphatic rings. The van der Waals surface area contributed by atoms with E-state index in [1.165, 1.54) is 0 Å². The molecule has 2 nitrogen and oxygen atoms in total. The maximum Gasteiger partial charge on any atom is 0.150 e. The molecule has 0 amide bonds. The monoisotopic (exact) mass is 244 g/mol. The van der Waals surface area contributed by atoms with Crippen LogP contribution in [0.15, 0.2) is 22.7 Å². The topological polar surface area (TPSA) is 26.3 Å². The van der Waals surface area contributed by atoms with Gasteiger partial charge in [0.1, 0.15) is 12.0 Å². The van der Waals surface area contributed by atoms with E-state index in [4.69, 9.17) is 4.74 Å². The molecule has 0 unspecified atom stereocenters. The molecule has 72 valence electrons. The SMILES string of the molecule is CC(C)Oc1cc(Br)cc(C=O)c1.[HH]. The molecule has 0 fully saturated rings. The molecule has 0 saturated heterocycles. The van der Waals surface area contributed by atoms with Gasteiger partial charge in [0.05, 0.1) is 6.10 Å². The zero-order chi connectivity index (χ0) is 9.84. The molecule has 0 bridgehead atoms. The zero-order valence-electron chi connectivity index (χ0n) is 7.58. The van der Waals surface area contributed by atoms with Crippen LogP contribution in [-0.2, 0) is 0 Å². The summed E-state index contributed by atoms with van der Waals surface area (Å²) in [7, 11) is 0. The summed E-state index contributed by atoms with van der Waals surface area (Å²) in [5.74, 6) is 0.714. The van der Waals surface area contributed by atoms with Crippen LogP contribution in [0.25, 0.3) is 0 Å². The third-order valence-corrected chi connectivity index (χ3v) is 1.86. The standard InChI is InChI=1S/C10H11BrO2.H2/c1-7(2)13-10-4-8(6-12)3-9(11)5-10;/h3-7H,1-2H3;1H. The van der Waals surface area contributed by atoms with Crippen LogP contribution in [0, 0.1) is 0 Å². The Balaban J connectivity index is 0.00000169. The highest BCUT2D eigenvalue weighted by Gasteiger charge is 2.01. The lowest BCUT2D eigenvalue weighted by Crippen LogP contribution is -2.05. The first-order valence-electron chi connectivity index (χ1n) is 4.04. The fourth-order valence-electron chi connectivity index (χ4n) is 0.993. The fourth-order valence-corrected chi connectivity index (χ4v) is 1.48. The number of carbonyl (C=O) groups is 1. The summed E-state index contributed by atoms with van der Waals surface area (Å²) >= 11 is 3.30. The first kappa shape index (κ1) is 10.3.